The molecule has 1 amide bonds. The molecule has 0 heterocycles. The van der Waals surface area contributed by atoms with Crippen LogP contribution < -0.4 is 11.1 Å². The second-order valence-corrected chi connectivity index (χ2v) is 15.8. The average Bonchev–Trinajstić information content (AvgIpc) is 3.21. The summed E-state index contributed by atoms with van der Waals surface area (Å²) in [6.07, 6.45) is 58.1. The summed E-state index contributed by atoms with van der Waals surface area (Å²) in [6.45, 7) is 4.83. The van der Waals surface area contributed by atoms with Crippen molar-refractivity contribution < 1.29 is 24.2 Å². The zero-order valence-corrected chi connectivity index (χ0v) is 37.4. The SMILES string of the molecule is CC/C=C\C/C=C\C/C=C\C/C=C\C/C=C\C/C=C\CCCCC(=O)OC(CCCCCCCCCCCCC)CCCCCCCC(=O)NC(CCCN)C(=O)O. The van der Waals surface area contributed by atoms with Crippen molar-refractivity contribution in [1.29, 1.82) is 0 Å². The summed E-state index contributed by atoms with van der Waals surface area (Å²) in [7, 11) is 0. The number of aliphatic carboxylic acids is 1. The van der Waals surface area contributed by atoms with Gasteiger partial charge in [-0.2, -0.15) is 0 Å². The van der Waals surface area contributed by atoms with Crippen molar-refractivity contribution in [2.24, 2.45) is 5.73 Å². The van der Waals surface area contributed by atoms with Gasteiger partial charge in [-0.3, -0.25) is 9.59 Å². The number of hydrogen-bond donors (Lipinski definition) is 3. The zero-order valence-electron chi connectivity index (χ0n) is 37.4. The van der Waals surface area contributed by atoms with Gasteiger partial charge >= 0.3 is 11.9 Å². The molecule has 2 atom stereocenters. The second-order valence-electron chi connectivity index (χ2n) is 15.8. The van der Waals surface area contributed by atoms with Crippen LogP contribution in [0.5, 0.6) is 0 Å². The summed E-state index contributed by atoms with van der Waals surface area (Å²) in [5.41, 5.74) is 5.49. The Hall–Kier alpha value is -3.19. The fourth-order valence-electron chi connectivity index (χ4n) is 6.75. The van der Waals surface area contributed by atoms with E-state index in [0.717, 1.165) is 109 Å². The standard InChI is InChI=1S/C51H88N2O5/c1-3-5-7-9-11-13-15-16-17-18-19-20-21-22-23-24-26-28-30-35-39-45-50(55)58-47(41-36-32-29-27-25-14-12-10-8-6-4-2)42-37-33-31-34-38-44-49(54)53-48(51(56)57)43-40-46-52/h5,7,11,13,16-17,19-20,22-23,26,28,47-48H,3-4,6,8-10,12,14-15,18,21,24-25,27,29-46,52H2,1-2H3,(H,53,54)(H,56,57)/b7-5-,13-11-,17-16-,20-19-,23-22-,28-26-. The lowest BCUT2D eigenvalue weighted by molar-refractivity contribution is -0.150. The van der Waals surface area contributed by atoms with Gasteiger partial charge in [0.05, 0.1) is 0 Å². The predicted octanol–water partition coefficient (Wildman–Crippen LogP) is 13.9. The van der Waals surface area contributed by atoms with Gasteiger partial charge in [0.2, 0.25) is 5.91 Å². The Labute approximate surface area is 356 Å². The zero-order chi connectivity index (χ0) is 42.4. The van der Waals surface area contributed by atoms with Crippen LogP contribution in [-0.4, -0.2) is 41.6 Å². The van der Waals surface area contributed by atoms with Gasteiger partial charge in [0.25, 0.3) is 0 Å². The molecular formula is C51H88N2O5. The molecule has 7 heteroatoms. The van der Waals surface area contributed by atoms with Crippen molar-refractivity contribution in [2.45, 2.75) is 225 Å². The lowest BCUT2D eigenvalue weighted by Gasteiger charge is -2.18. The maximum absolute atomic E-state index is 12.8. The highest BCUT2D eigenvalue weighted by Crippen LogP contribution is 2.19. The number of nitrogens with one attached hydrogen (secondary N) is 1. The summed E-state index contributed by atoms with van der Waals surface area (Å²) in [5, 5.41) is 12.0. The van der Waals surface area contributed by atoms with Gasteiger partial charge in [-0.15, -0.1) is 0 Å². The minimum atomic E-state index is -1.01. The highest BCUT2D eigenvalue weighted by molar-refractivity contribution is 5.83. The average molecular weight is 809 g/mol. The molecule has 4 N–H and O–H groups in total. The van der Waals surface area contributed by atoms with E-state index in [1.165, 1.54) is 64.2 Å². The Kier molecular flexibility index (Phi) is 42.4. The number of carboxylic acids is 1. The smallest absolute Gasteiger partial charge is 0.326 e. The third-order valence-corrected chi connectivity index (χ3v) is 10.3. The largest absolute Gasteiger partial charge is 0.480 e. The molecule has 58 heavy (non-hydrogen) atoms. The maximum atomic E-state index is 12.8. The molecule has 0 aromatic heterocycles. The number of carboxylic acid groups (broad SMARTS) is 1. The fourth-order valence-corrected chi connectivity index (χ4v) is 6.75. The summed E-state index contributed by atoms with van der Waals surface area (Å²) < 4.78 is 6.04. The van der Waals surface area contributed by atoms with Gasteiger partial charge in [0.1, 0.15) is 12.1 Å². The van der Waals surface area contributed by atoms with Crippen LogP contribution in [0.1, 0.15) is 213 Å². The molecule has 0 fully saturated rings. The minimum Gasteiger partial charge on any atom is -0.480 e. The molecule has 0 radical (unpaired) electrons. The van der Waals surface area contributed by atoms with Crippen LogP contribution in [0.2, 0.25) is 0 Å². The molecule has 0 rings (SSSR count). The third-order valence-electron chi connectivity index (χ3n) is 10.3. The topological polar surface area (TPSA) is 119 Å². The number of ether oxygens (including phenoxy) is 1. The number of rotatable bonds is 42. The van der Waals surface area contributed by atoms with Crippen LogP contribution in [0.15, 0.2) is 72.9 Å². The van der Waals surface area contributed by atoms with Gasteiger partial charge in [-0.1, -0.05) is 170 Å². The van der Waals surface area contributed by atoms with Crippen LogP contribution in [0.3, 0.4) is 0 Å². The molecule has 7 nitrogen and oxygen atoms in total. The van der Waals surface area contributed by atoms with E-state index in [0.29, 0.717) is 32.2 Å². The van der Waals surface area contributed by atoms with Crippen LogP contribution in [0.4, 0.5) is 0 Å². The highest BCUT2D eigenvalue weighted by Gasteiger charge is 2.19. The lowest BCUT2D eigenvalue weighted by atomic mass is 10.0. The van der Waals surface area contributed by atoms with Crippen molar-refractivity contribution >= 4 is 17.8 Å². The number of hydrogen-bond acceptors (Lipinski definition) is 5. The monoisotopic (exact) mass is 809 g/mol. The quantitative estimate of drug-likeness (QED) is 0.0321. The molecule has 0 aliphatic rings. The van der Waals surface area contributed by atoms with Crippen molar-refractivity contribution in [3.8, 4) is 0 Å². The summed E-state index contributed by atoms with van der Waals surface area (Å²) in [6, 6.07) is -0.862. The van der Waals surface area contributed by atoms with Crippen LogP contribution in [0.25, 0.3) is 0 Å². The minimum absolute atomic E-state index is 0.0123. The van der Waals surface area contributed by atoms with E-state index in [-0.39, 0.29) is 18.0 Å². The molecule has 0 aromatic rings. The molecule has 0 saturated carbocycles. The van der Waals surface area contributed by atoms with E-state index >= 15 is 0 Å². The van der Waals surface area contributed by atoms with Crippen molar-refractivity contribution in [3.05, 3.63) is 72.9 Å². The lowest BCUT2D eigenvalue weighted by Crippen LogP contribution is -2.40. The van der Waals surface area contributed by atoms with Crippen molar-refractivity contribution in [1.82, 2.24) is 5.32 Å². The molecule has 0 spiro atoms. The van der Waals surface area contributed by atoms with Gasteiger partial charge < -0.3 is 20.9 Å². The molecule has 0 aliphatic carbocycles. The Balaban J connectivity index is 4.36. The van der Waals surface area contributed by atoms with E-state index in [4.69, 9.17) is 10.5 Å². The summed E-state index contributed by atoms with van der Waals surface area (Å²) in [5.74, 6) is -1.28. The second kappa shape index (κ2) is 44.9. The van der Waals surface area contributed by atoms with E-state index < -0.39 is 12.0 Å². The summed E-state index contributed by atoms with van der Waals surface area (Å²) >= 11 is 0. The summed E-state index contributed by atoms with van der Waals surface area (Å²) in [4.78, 5) is 36.4. The molecule has 0 saturated heterocycles. The number of esters is 1. The molecule has 0 aliphatic heterocycles. The first kappa shape index (κ1) is 54.8. The number of nitrogens with two attached hydrogens (primary N) is 1. The Morgan fingerprint density at radius 3 is 1.41 bits per heavy atom. The van der Waals surface area contributed by atoms with Crippen LogP contribution in [0, 0.1) is 0 Å². The van der Waals surface area contributed by atoms with Gasteiger partial charge in [-0.05, 0) is 109 Å². The van der Waals surface area contributed by atoms with Crippen molar-refractivity contribution in [3.63, 3.8) is 0 Å². The molecule has 0 bridgehead atoms. The van der Waals surface area contributed by atoms with Gasteiger partial charge in [0, 0.05) is 12.8 Å². The Morgan fingerprint density at radius 2 is 0.948 bits per heavy atom. The van der Waals surface area contributed by atoms with E-state index in [2.05, 4.69) is 92.1 Å². The number of unbranched alkanes of at least 4 members (excludes halogenated alkanes) is 16. The van der Waals surface area contributed by atoms with Crippen LogP contribution in [-0.2, 0) is 19.1 Å². The number of carbonyl (C=O) groups is 3. The fraction of sp³-hybridized carbons (Fsp3) is 0.706. The third kappa shape index (κ3) is 41.0. The number of carbonyl (C=O) groups excluding carboxylic acids is 2. The van der Waals surface area contributed by atoms with Crippen LogP contribution >= 0.6 is 0 Å². The molecular weight excluding hydrogens is 721 g/mol. The molecule has 0 aromatic carbocycles. The first-order chi connectivity index (χ1) is 28.4. The predicted molar refractivity (Wildman–Crippen MR) is 248 cm³/mol. The van der Waals surface area contributed by atoms with Crippen molar-refractivity contribution in [2.75, 3.05) is 6.54 Å². The number of amides is 1. The van der Waals surface area contributed by atoms with E-state index in [1.54, 1.807) is 0 Å². The molecule has 332 valence electrons. The van der Waals surface area contributed by atoms with Gasteiger partial charge in [0.15, 0.2) is 0 Å². The Morgan fingerprint density at radius 1 is 0.517 bits per heavy atom. The van der Waals surface area contributed by atoms with Gasteiger partial charge in [-0.25, -0.2) is 4.79 Å². The van der Waals surface area contributed by atoms with E-state index in [1.807, 2.05) is 0 Å². The maximum Gasteiger partial charge on any atom is 0.326 e. The normalized spacial score (nSPS) is 13.3. The first-order valence-electron chi connectivity index (χ1n) is 23.8. The Bertz CT molecular complexity index is 1140. The number of allylic oxidation sites excluding steroid dienone is 12. The van der Waals surface area contributed by atoms with E-state index in [9.17, 15) is 19.5 Å². The molecule has 2 unspecified atom stereocenters. The first-order valence-corrected chi connectivity index (χ1v) is 23.8. The highest BCUT2D eigenvalue weighted by atomic mass is 16.5.